The first-order valence-corrected chi connectivity index (χ1v) is 16.2. The number of halogens is 2. The Hall–Kier alpha value is -3.47. The summed E-state index contributed by atoms with van der Waals surface area (Å²) in [6, 6.07) is 5.98. The lowest BCUT2D eigenvalue weighted by atomic mass is 9.91. The average molecular weight is 546 g/mol. The molecular formula is C27H33F2N3O5Si. The van der Waals surface area contributed by atoms with Gasteiger partial charge >= 0.3 is 12.0 Å². The average Bonchev–Trinajstić information content (AvgIpc) is 3.32. The predicted octanol–water partition coefficient (Wildman–Crippen LogP) is 3.97. The van der Waals surface area contributed by atoms with Crippen molar-refractivity contribution in [2.75, 3.05) is 31.6 Å². The van der Waals surface area contributed by atoms with Gasteiger partial charge in [0.05, 0.1) is 20.6 Å². The molecule has 0 saturated carbocycles. The monoisotopic (exact) mass is 545 g/mol. The minimum atomic E-state index is -2.31. The molecule has 11 heteroatoms. The lowest BCUT2D eigenvalue weighted by Gasteiger charge is -2.38. The largest absolute Gasteiger partial charge is 0.494 e. The van der Waals surface area contributed by atoms with Gasteiger partial charge in [-0.25, -0.2) is 13.6 Å². The van der Waals surface area contributed by atoms with E-state index in [-0.39, 0.29) is 30.5 Å². The number of nitrogens with zero attached hydrogens (tertiary/aromatic N) is 2. The number of carboxylic acid groups (broad SMARTS) is 1. The molecule has 1 fully saturated rings. The molecule has 3 amide bonds. The van der Waals surface area contributed by atoms with Gasteiger partial charge in [-0.15, -0.1) is 0 Å². The Bertz CT molecular complexity index is 1240. The van der Waals surface area contributed by atoms with Crippen LogP contribution in [0.15, 0.2) is 30.3 Å². The van der Waals surface area contributed by atoms with Gasteiger partial charge in [-0.3, -0.25) is 9.59 Å². The van der Waals surface area contributed by atoms with E-state index in [1.54, 1.807) is 12.1 Å². The molecule has 0 bridgehead atoms. The summed E-state index contributed by atoms with van der Waals surface area (Å²) in [5.74, 6) is -3.03. The molecule has 0 spiro atoms. The summed E-state index contributed by atoms with van der Waals surface area (Å²) in [7, 11) is -2.31. The third-order valence-electron chi connectivity index (χ3n) is 7.02. The molecule has 2 aliphatic heterocycles. The lowest BCUT2D eigenvalue weighted by Crippen LogP contribution is -2.50. The molecule has 1 saturated heterocycles. The van der Waals surface area contributed by atoms with Crippen molar-refractivity contribution in [3.8, 4) is 5.75 Å². The smallest absolute Gasteiger partial charge is 0.320 e. The summed E-state index contributed by atoms with van der Waals surface area (Å²) in [6.45, 7) is 8.37. The van der Waals surface area contributed by atoms with Crippen molar-refractivity contribution in [3.05, 3.63) is 53.1 Å². The third kappa shape index (κ3) is 5.52. The predicted molar refractivity (Wildman–Crippen MR) is 141 cm³/mol. The van der Waals surface area contributed by atoms with E-state index in [1.807, 2.05) is 32.6 Å². The number of nitrogens with one attached hydrogen (secondary N) is 1. The molecule has 2 aromatic carbocycles. The number of carbonyl (C=O) groups is 3. The molecule has 0 aliphatic carbocycles. The van der Waals surface area contributed by atoms with Crippen molar-refractivity contribution in [2.45, 2.75) is 45.4 Å². The fraction of sp³-hybridized carbons (Fsp3) is 0.444. The van der Waals surface area contributed by atoms with E-state index in [9.17, 15) is 28.3 Å². The van der Waals surface area contributed by atoms with Gasteiger partial charge in [-0.1, -0.05) is 25.7 Å². The van der Waals surface area contributed by atoms with Crippen LogP contribution in [0, 0.1) is 17.6 Å². The maximum absolute atomic E-state index is 14.9. The standard InChI is InChI=1S/C27H33F2N3O5Si/c1-5-37-19-6-7-20-16(12-19)9-11-32(27(36)31-10-8-17(15-31)26(34)35)23(20)25(33)30-18-13-21(28)24(22(29)14-18)38(2,3)4/h6-7,12-14,17,23H,5,8-11,15H2,1-4H3,(H,30,33)(H,34,35)/t17?,23-/m1/s1. The molecule has 38 heavy (non-hydrogen) atoms. The van der Waals surface area contributed by atoms with E-state index in [0.717, 1.165) is 17.7 Å². The highest BCUT2D eigenvalue weighted by molar-refractivity contribution is 6.88. The molecule has 2 heterocycles. The maximum atomic E-state index is 14.9. The fourth-order valence-corrected chi connectivity index (χ4v) is 6.82. The first-order valence-electron chi connectivity index (χ1n) is 12.7. The zero-order valence-corrected chi connectivity index (χ0v) is 23.0. The number of anilines is 1. The van der Waals surface area contributed by atoms with E-state index >= 15 is 0 Å². The Morgan fingerprint density at radius 2 is 1.79 bits per heavy atom. The van der Waals surface area contributed by atoms with Crippen LogP contribution in [0.25, 0.3) is 0 Å². The molecular weight excluding hydrogens is 512 g/mol. The number of carbonyl (C=O) groups excluding carboxylic acids is 2. The second-order valence-electron chi connectivity index (χ2n) is 10.7. The van der Waals surface area contributed by atoms with Crippen LogP contribution >= 0.6 is 0 Å². The van der Waals surface area contributed by atoms with Gasteiger partial charge in [0.2, 0.25) is 0 Å². The van der Waals surface area contributed by atoms with Crippen LogP contribution < -0.4 is 15.2 Å². The number of fused-ring (bicyclic) bond motifs is 1. The van der Waals surface area contributed by atoms with E-state index in [2.05, 4.69) is 5.32 Å². The summed E-state index contributed by atoms with van der Waals surface area (Å²) in [4.78, 5) is 41.5. The van der Waals surface area contributed by atoms with Crippen LogP contribution in [0.2, 0.25) is 19.6 Å². The van der Waals surface area contributed by atoms with Gasteiger partial charge in [0.15, 0.2) is 0 Å². The molecule has 2 aromatic rings. The Morgan fingerprint density at radius 1 is 1.11 bits per heavy atom. The van der Waals surface area contributed by atoms with Gasteiger partial charge in [0.25, 0.3) is 5.91 Å². The molecule has 8 nitrogen and oxygen atoms in total. The van der Waals surface area contributed by atoms with Gasteiger partial charge in [0.1, 0.15) is 23.4 Å². The number of hydrogen-bond acceptors (Lipinski definition) is 4. The highest BCUT2D eigenvalue weighted by Crippen LogP contribution is 2.35. The summed E-state index contributed by atoms with van der Waals surface area (Å²) in [6.07, 6.45) is 0.804. The van der Waals surface area contributed by atoms with E-state index in [4.69, 9.17) is 4.74 Å². The first kappa shape index (κ1) is 27.6. The van der Waals surface area contributed by atoms with Crippen LogP contribution in [0.3, 0.4) is 0 Å². The fourth-order valence-electron chi connectivity index (χ4n) is 5.24. The van der Waals surface area contributed by atoms with Crippen molar-refractivity contribution >= 4 is 36.9 Å². The summed E-state index contributed by atoms with van der Waals surface area (Å²) in [5.41, 5.74) is 1.38. The van der Waals surface area contributed by atoms with Crippen LogP contribution in [-0.4, -0.2) is 67.1 Å². The molecule has 4 rings (SSSR count). The van der Waals surface area contributed by atoms with E-state index < -0.39 is 49.6 Å². The minimum absolute atomic E-state index is 0.0374. The zero-order valence-electron chi connectivity index (χ0n) is 22.0. The topological polar surface area (TPSA) is 99.2 Å². The van der Waals surface area contributed by atoms with E-state index in [1.165, 1.54) is 9.80 Å². The van der Waals surface area contributed by atoms with Crippen LogP contribution in [0.4, 0.5) is 19.3 Å². The molecule has 1 unspecified atom stereocenters. The number of aliphatic carboxylic acids is 1. The lowest BCUT2D eigenvalue weighted by molar-refractivity contribution is -0.141. The highest BCUT2D eigenvalue weighted by Gasteiger charge is 2.41. The van der Waals surface area contributed by atoms with E-state index in [0.29, 0.717) is 30.8 Å². The molecule has 204 valence electrons. The van der Waals surface area contributed by atoms with Crippen LogP contribution in [0.5, 0.6) is 5.75 Å². The van der Waals surface area contributed by atoms with Crippen molar-refractivity contribution in [1.29, 1.82) is 0 Å². The quantitative estimate of drug-likeness (QED) is 0.536. The van der Waals surface area contributed by atoms with Gasteiger partial charge in [0, 0.05) is 30.5 Å². The Labute approximate surface area is 221 Å². The number of likely N-dealkylation sites (tertiary alicyclic amines) is 1. The highest BCUT2D eigenvalue weighted by atomic mass is 28.3. The second kappa shape index (κ2) is 10.7. The van der Waals surface area contributed by atoms with Gasteiger partial charge in [-0.2, -0.15) is 0 Å². The normalized spacial score (nSPS) is 19.2. The summed E-state index contributed by atoms with van der Waals surface area (Å²) in [5, 5.41) is 12.0. The maximum Gasteiger partial charge on any atom is 0.320 e. The Morgan fingerprint density at radius 3 is 2.37 bits per heavy atom. The van der Waals surface area contributed by atoms with Crippen LogP contribution in [0.1, 0.15) is 30.5 Å². The number of benzene rings is 2. The minimum Gasteiger partial charge on any atom is -0.494 e. The Kier molecular flexibility index (Phi) is 7.77. The summed E-state index contributed by atoms with van der Waals surface area (Å²) < 4.78 is 35.3. The molecule has 0 radical (unpaired) electrons. The van der Waals surface area contributed by atoms with Crippen molar-refractivity contribution in [2.24, 2.45) is 5.92 Å². The number of amides is 3. The van der Waals surface area contributed by atoms with Crippen molar-refractivity contribution < 1.29 is 33.0 Å². The number of hydrogen-bond donors (Lipinski definition) is 2. The number of ether oxygens (including phenoxy) is 1. The van der Waals surface area contributed by atoms with Gasteiger partial charge in [-0.05, 0) is 55.2 Å². The van der Waals surface area contributed by atoms with Crippen LogP contribution in [-0.2, 0) is 16.0 Å². The number of urea groups is 1. The first-order chi connectivity index (χ1) is 17.9. The van der Waals surface area contributed by atoms with Gasteiger partial charge < -0.3 is 25.0 Å². The Balaban J connectivity index is 1.67. The van der Waals surface area contributed by atoms with Crippen molar-refractivity contribution in [1.82, 2.24) is 9.80 Å². The molecule has 2 aliphatic rings. The number of rotatable bonds is 6. The molecule has 2 N–H and O–H groups in total. The molecule has 2 atom stereocenters. The van der Waals surface area contributed by atoms with Crippen molar-refractivity contribution in [3.63, 3.8) is 0 Å². The number of carboxylic acids is 1. The third-order valence-corrected chi connectivity index (χ3v) is 8.99. The second-order valence-corrected chi connectivity index (χ2v) is 15.7. The SMILES string of the molecule is CCOc1ccc2c(c1)CCN(C(=O)N1CCC(C(=O)O)C1)[C@H]2C(=O)Nc1cc(F)c([Si](C)(C)C)c(F)c1. The summed E-state index contributed by atoms with van der Waals surface area (Å²) >= 11 is 0. The molecule has 0 aromatic heterocycles. The zero-order chi connectivity index (χ0) is 27.8.